The minimum absolute atomic E-state index is 0.0159. The zero-order valence-electron chi connectivity index (χ0n) is 16.9. The number of aryl methyl sites for hydroxylation is 1. The van der Waals surface area contributed by atoms with Crippen molar-refractivity contribution >= 4 is 15.9 Å². The number of fused-ring (bicyclic) bond motifs is 1. The van der Waals surface area contributed by atoms with Gasteiger partial charge >= 0.3 is 0 Å². The van der Waals surface area contributed by atoms with Crippen molar-refractivity contribution in [3.05, 3.63) is 35.4 Å². The quantitative estimate of drug-likeness (QED) is 0.751. The van der Waals surface area contributed by atoms with E-state index in [1.807, 2.05) is 6.07 Å². The first-order chi connectivity index (χ1) is 13.4. The number of rotatable bonds is 7. The maximum absolute atomic E-state index is 13.3. The molecule has 0 bridgehead atoms. The second-order valence-corrected chi connectivity index (χ2v) is 10.1. The Kier molecular flexibility index (Phi) is 6.78. The smallest absolute Gasteiger partial charge is 0.227 e. The van der Waals surface area contributed by atoms with Crippen LogP contribution in [0, 0.1) is 12.3 Å². The number of carbonyl (C=O) groups excluding carboxylic acids is 1. The van der Waals surface area contributed by atoms with E-state index in [2.05, 4.69) is 30.4 Å². The van der Waals surface area contributed by atoms with E-state index >= 15 is 0 Å². The van der Waals surface area contributed by atoms with Crippen LogP contribution in [0.2, 0.25) is 0 Å². The van der Waals surface area contributed by atoms with Crippen molar-refractivity contribution in [1.82, 2.24) is 9.62 Å². The van der Waals surface area contributed by atoms with E-state index in [1.165, 1.54) is 11.1 Å². The summed E-state index contributed by atoms with van der Waals surface area (Å²) in [5.41, 5.74) is 1.80. The summed E-state index contributed by atoms with van der Waals surface area (Å²) in [5, 5.41) is 3.12. The molecule has 3 rings (SSSR count). The largest absolute Gasteiger partial charge is 0.383 e. The summed E-state index contributed by atoms with van der Waals surface area (Å²) < 4.78 is 32.0. The normalized spacial score (nSPS) is 27.1. The number of nitrogens with one attached hydrogen (secondary N) is 1. The Hall–Kier alpha value is -1.44. The molecule has 1 aliphatic heterocycles. The van der Waals surface area contributed by atoms with Crippen LogP contribution in [0.4, 0.5) is 0 Å². The number of nitrogens with zero attached hydrogens (tertiary/aromatic N) is 1. The molecule has 0 radical (unpaired) electrons. The van der Waals surface area contributed by atoms with Crippen molar-refractivity contribution in [2.24, 2.45) is 5.41 Å². The number of ether oxygens (including phenoxy) is 1. The van der Waals surface area contributed by atoms with Crippen molar-refractivity contribution in [2.75, 3.05) is 32.6 Å². The molecule has 28 heavy (non-hydrogen) atoms. The number of hydrogen-bond acceptors (Lipinski definition) is 4. The highest BCUT2D eigenvalue weighted by Crippen LogP contribution is 2.46. The summed E-state index contributed by atoms with van der Waals surface area (Å²) in [6, 6.07) is 8.04. The van der Waals surface area contributed by atoms with Gasteiger partial charge in [0.2, 0.25) is 15.9 Å². The lowest BCUT2D eigenvalue weighted by Gasteiger charge is -2.50. The van der Waals surface area contributed by atoms with Crippen LogP contribution in [-0.2, 0) is 26.0 Å². The van der Waals surface area contributed by atoms with Crippen LogP contribution in [0.5, 0.6) is 0 Å². The van der Waals surface area contributed by atoms with Crippen molar-refractivity contribution in [2.45, 2.75) is 51.5 Å². The molecular weight excluding hydrogens is 376 g/mol. The number of amides is 1. The number of sulfonamides is 1. The summed E-state index contributed by atoms with van der Waals surface area (Å²) >= 11 is 0. The van der Waals surface area contributed by atoms with Gasteiger partial charge in [0.15, 0.2) is 0 Å². The zero-order chi connectivity index (χ0) is 20.2. The third-order valence-electron chi connectivity index (χ3n) is 6.25. The lowest BCUT2D eigenvalue weighted by Crippen LogP contribution is -2.63. The highest BCUT2D eigenvalue weighted by Gasteiger charge is 2.55. The first-order valence-corrected chi connectivity index (χ1v) is 11.8. The van der Waals surface area contributed by atoms with E-state index < -0.39 is 15.4 Å². The van der Waals surface area contributed by atoms with Crippen LogP contribution in [0.1, 0.15) is 43.2 Å². The molecule has 7 heteroatoms. The van der Waals surface area contributed by atoms with Crippen LogP contribution in [0.25, 0.3) is 0 Å². The van der Waals surface area contributed by atoms with Gasteiger partial charge in [0.05, 0.1) is 17.8 Å². The summed E-state index contributed by atoms with van der Waals surface area (Å²) in [5.74, 6) is 0.0561. The maximum atomic E-state index is 13.3. The maximum Gasteiger partial charge on any atom is 0.227 e. The topological polar surface area (TPSA) is 75.7 Å². The molecule has 2 fully saturated rings. The SMILES string of the molecule is COCCN1[C@@H]2CCCC[C@@]2(C(=O)NCCc2cccc(C)c2)CCS1(=O)=O. The second-order valence-electron chi connectivity index (χ2n) is 8.08. The van der Waals surface area contributed by atoms with Gasteiger partial charge in [0.1, 0.15) is 0 Å². The lowest BCUT2D eigenvalue weighted by molar-refractivity contribution is -0.137. The van der Waals surface area contributed by atoms with Gasteiger partial charge in [-0.05, 0) is 38.2 Å². The Bertz CT molecular complexity index is 795. The van der Waals surface area contributed by atoms with Crippen molar-refractivity contribution in [1.29, 1.82) is 0 Å². The molecule has 1 aromatic carbocycles. The molecule has 1 saturated carbocycles. The fraction of sp³-hybridized carbons (Fsp3) is 0.667. The monoisotopic (exact) mass is 408 g/mol. The van der Waals surface area contributed by atoms with E-state index in [9.17, 15) is 13.2 Å². The number of methoxy groups -OCH3 is 1. The van der Waals surface area contributed by atoms with E-state index in [-0.39, 0.29) is 17.7 Å². The van der Waals surface area contributed by atoms with Crippen molar-refractivity contribution in [3.8, 4) is 0 Å². The molecule has 2 aliphatic rings. The minimum Gasteiger partial charge on any atom is -0.383 e. The van der Waals surface area contributed by atoms with Crippen LogP contribution in [0.15, 0.2) is 24.3 Å². The Labute approximate surface area is 168 Å². The standard InChI is InChI=1S/C21H32N2O4S/c1-17-6-5-7-18(16-17)9-12-22-20(24)21-10-4-3-8-19(21)23(13-14-27-2)28(25,26)15-11-21/h5-7,16,19H,3-4,8-15H2,1-2H3,(H,22,24)/t19-,21-/m1/s1. The molecule has 1 aliphatic carbocycles. The summed E-state index contributed by atoms with van der Waals surface area (Å²) in [6.07, 6.45) is 4.63. The van der Waals surface area contributed by atoms with Gasteiger partial charge in [0.25, 0.3) is 0 Å². The summed E-state index contributed by atoms with van der Waals surface area (Å²) in [4.78, 5) is 13.3. The zero-order valence-corrected chi connectivity index (χ0v) is 17.8. The fourth-order valence-electron chi connectivity index (χ4n) is 4.77. The molecule has 156 valence electrons. The first kappa shape index (κ1) is 21.3. The number of carbonyl (C=O) groups is 1. The second kappa shape index (κ2) is 8.93. The Balaban J connectivity index is 1.72. The first-order valence-electron chi connectivity index (χ1n) is 10.2. The number of benzene rings is 1. The van der Waals surface area contributed by atoms with Gasteiger partial charge < -0.3 is 10.1 Å². The molecule has 1 heterocycles. The third kappa shape index (κ3) is 4.42. The molecule has 0 unspecified atom stereocenters. The van der Waals surface area contributed by atoms with Gasteiger partial charge in [0, 0.05) is 26.2 Å². The van der Waals surface area contributed by atoms with Crippen LogP contribution in [-0.4, -0.2) is 57.2 Å². The number of hydrogen-bond donors (Lipinski definition) is 1. The average molecular weight is 409 g/mol. The van der Waals surface area contributed by atoms with Crippen LogP contribution >= 0.6 is 0 Å². The predicted molar refractivity (Wildman–Crippen MR) is 110 cm³/mol. The lowest BCUT2D eigenvalue weighted by atomic mass is 9.67. The predicted octanol–water partition coefficient (Wildman–Crippen LogP) is 2.26. The molecule has 1 N–H and O–H groups in total. The molecule has 0 aromatic heterocycles. The highest BCUT2D eigenvalue weighted by atomic mass is 32.2. The molecule has 1 saturated heterocycles. The van der Waals surface area contributed by atoms with Gasteiger partial charge in [-0.25, -0.2) is 8.42 Å². The van der Waals surface area contributed by atoms with Crippen molar-refractivity contribution in [3.63, 3.8) is 0 Å². The summed E-state index contributed by atoms with van der Waals surface area (Å²) in [7, 11) is -1.76. The van der Waals surface area contributed by atoms with Crippen LogP contribution < -0.4 is 5.32 Å². The van der Waals surface area contributed by atoms with Crippen molar-refractivity contribution < 1.29 is 17.9 Å². The molecule has 2 atom stereocenters. The molecular formula is C21H32N2O4S. The molecule has 1 aromatic rings. The highest BCUT2D eigenvalue weighted by molar-refractivity contribution is 7.89. The van der Waals surface area contributed by atoms with Gasteiger partial charge in [-0.1, -0.05) is 42.7 Å². The van der Waals surface area contributed by atoms with Gasteiger partial charge in [-0.2, -0.15) is 4.31 Å². The Morgan fingerprint density at radius 2 is 2.14 bits per heavy atom. The third-order valence-corrected chi connectivity index (χ3v) is 8.12. The van der Waals surface area contributed by atoms with Crippen LogP contribution in [0.3, 0.4) is 0 Å². The van der Waals surface area contributed by atoms with E-state index in [4.69, 9.17) is 4.74 Å². The Morgan fingerprint density at radius 1 is 1.32 bits per heavy atom. The van der Waals surface area contributed by atoms with Gasteiger partial charge in [-0.3, -0.25) is 4.79 Å². The molecule has 0 spiro atoms. The Morgan fingerprint density at radius 3 is 2.89 bits per heavy atom. The molecule has 6 nitrogen and oxygen atoms in total. The summed E-state index contributed by atoms with van der Waals surface area (Å²) in [6.45, 7) is 3.30. The molecule has 1 amide bonds. The van der Waals surface area contributed by atoms with E-state index in [1.54, 1.807) is 11.4 Å². The minimum atomic E-state index is -3.33. The average Bonchev–Trinajstić information content (AvgIpc) is 2.67. The van der Waals surface area contributed by atoms with Gasteiger partial charge in [-0.15, -0.1) is 0 Å². The van der Waals surface area contributed by atoms with E-state index in [0.29, 0.717) is 26.1 Å². The fourth-order valence-corrected chi connectivity index (χ4v) is 6.68. The van der Waals surface area contributed by atoms with E-state index in [0.717, 1.165) is 32.1 Å².